The molecule has 1 aromatic carbocycles. The zero-order valence-corrected chi connectivity index (χ0v) is 13.2. The van der Waals surface area contributed by atoms with E-state index in [9.17, 15) is 8.42 Å². The Labute approximate surface area is 151 Å². The van der Waals surface area contributed by atoms with Gasteiger partial charge in [0.25, 0.3) is 0 Å². The Morgan fingerprint density at radius 2 is 1.38 bits per heavy atom. The van der Waals surface area contributed by atoms with Crippen molar-refractivity contribution in [2.45, 2.75) is 58.3 Å². The van der Waals surface area contributed by atoms with E-state index in [1.807, 2.05) is 6.07 Å². The normalized spacial score (nSPS) is 10.9. The molecule has 0 saturated carbocycles. The summed E-state index contributed by atoms with van der Waals surface area (Å²) in [5.74, 6) is 0.503. The molecule has 0 aliphatic rings. The SMILES string of the molecule is CCCCCCCCCCS(=O)(=O)Oc1ccccc1.[NaH]. The Morgan fingerprint density at radius 3 is 1.95 bits per heavy atom. The van der Waals surface area contributed by atoms with E-state index in [2.05, 4.69) is 6.92 Å². The van der Waals surface area contributed by atoms with Crippen LogP contribution in [0.3, 0.4) is 0 Å². The molecule has 0 N–H and O–H groups in total. The van der Waals surface area contributed by atoms with Crippen molar-refractivity contribution in [3.05, 3.63) is 30.3 Å². The molecule has 21 heavy (non-hydrogen) atoms. The first-order chi connectivity index (χ1) is 9.64. The van der Waals surface area contributed by atoms with Gasteiger partial charge in [0, 0.05) is 0 Å². The minimum atomic E-state index is -3.44. The van der Waals surface area contributed by atoms with Crippen LogP contribution in [-0.4, -0.2) is 43.7 Å². The Morgan fingerprint density at radius 1 is 0.857 bits per heavy atom. The molecule has 0 atom stereocenters. The molecule has 0 spiro atoms. The van der Waals surface area contributed by atoms with Crippen LogP contribution in [0.5, 0.6) is 5.75 Å². The van der Waals surface area contributed by atoms with Crippen molar-refractivity contribution < 1.29 is 12.6 Å². The molecule has 0 amide bonds. The Kier molecular flexibility index (Phi) is 12.5. The molecule has 1 rings (SSSR count). The fourth-order valence-corrected chi connectivity index (χ4v) is 3.12. The van der Waals surface area contributed by atoms with Crippen molar-refractivity contribution in [3.8, 4) is 5.75 Å². The van der Waals surface area contributed by atoms with Gasteiger partial charge in [0.1, 0.15) is 5.75 Å². The molecule has 0 radical (unpaired) electrons. The summed E-state index contributed by atoms with van der Waals surface area (Å²) < 4.78 is 28.5. The third kappa shape index (κ3) is 11.2. The minimum absolute atomic E-state index is 0. The summed E-state index contributed by atoms with van der Waals surface area (Å²) in [6, 6.07) is 8.68. The molecule has 0 aliphatic heterocycles. The molecule has 3 nitrogen and oxygen atoms in total. The number of hydrogen-bond donors (Lipinski definition) is 0. The van der Waals surface area contributed by atoms with Gasteiger partial charge in [0.15, 0.2) is 0 Å². The summed E-state index contributed by atoms with van der Waals surface area (Å²) in [4.78, 5) is 0. The van der Waals surface area contributed by atoms with Gasteiger partial charge >= 0.3 is 39.7 Å². The van der Waals surface area contributed by atoms with Crippen LogP contribution in [0.4, 0.5) is 0 Å². The van der Waals surface area contributed by atoms with Crippen molar-refractivity contribution >= 4 is 39.7 Å². The topological polar surface area (TPSA) is 43.4 Å². The van der Waals surface area contributed by atoms with E-state index in [-0.39, 0.29) is 35.3 Å². The van der Waals surface area contributed by atoms with Crippen molar-refractivity contribution in [3.63, 3.8) is 0 Å². The maximum atomic E-state index is 11.8. The second kappa shape index (κ2) is 12.5. The Balaban J connectivity index is 0.00000400. The summed E-state index contributed by atoms with van der Waals surface area (Å²) in [5.41, 5.74) is 0. The first kappa shape index (κ1) is 21.0. The van der Waals surface area contributed by atoms with Crippen LogP contribution >= 0.6 is 0 Å². The average molecular weight is 322 g/mol. The molecule has 0 fully saturated rings. The van der Waals surface area contributed by atoms with Gasteiger partial charge in [-0.2, -0.15) is 8.42 Å². The van der Waals surface area contributed by atoms with Crippen molar-refractivity contribution in [2.24, 2.45) is 0 Å². The van der Waals surface area contributed by atoms with E-state index in [0.717, 1.165) is 12.8 Å². The Bertz CT molecular complexity index is 446. The molecule has 0 aromatic heterocycles. The second-order valence-corrected chi connectivity index (χ2v) is 6.82. The zero-order chi connectivity index (χ0) is 14.7. The van der Waals surface area contributed by atoms with Crippen LogP contribution in [0.2, 0.25) is 0 Å². The third-order valence-electron chi connectivity index (χ3n) is 3.21. The van der Waals surface area contributed by atoms with Crippen molar-refractivity contribution in [1.82, 2.24) is 0 Å². The predicted molar refractivity (Wildman–Crippen MR) is 90.6 cm³/mol. The van der Waals surface area contributed by atoms with Crippen molar-refractivity contribution in [1.29, 1.82) is 0 Å². The van der Waals surface area contributed by atoms with Crippen LogP contribution in [-0.2, 0) is 10.1 Å². The van der Waals surface area contributed by atoms with Crippen LogP contribution < -0.4 is 4.18 Å². The van der Waals surface area contributed by atoms with Gasteiger partial charge in [-0.05, 0) is 18.6 Å². The van der Waals surface area contributed by atoms with E-state index >= 15 is 0 Å². The molecule has 1 aromatic rings. The van der Waals surface area contributed by atoms with Gasteiger partial charge in [-0.3, -0.25) is 0 Å². The molecule has 0 bridgehead atoms. The number of para-hydroxylation sites is 1. The standard InChI is InChI=1S/C16H26O3S.Na.H/c1-2-3-4-5-6-7-8-12-15-20(17,18)19-16-13-10-9-11-14-16;;/h9-11,13-14H,2-8,12,15H2,1H3;;. The third-order valence-corrected chi connectivity index (χ3v) is 4.45. The fourth-order valence-electron chi connectivity index (χ4n) is 2.08. The average Bonchev–Trinajstić information content (AvgIpc) is 2.42. The number of benzene rings is 1. The quantitative estimate of drug-likeness (QED) is 0.353. The first-order valence-electron chi connectivity index (χ1n) is 7.61. The molecule has 116 valence electrons. The first-order valence-corrected chi connectivity index (χ1v) is 9.19. The number of rotatable bonds is 11. The molecule has 0 heterocycles. The summed E-state index contributed by atoms with van der Waals surface area (Å²) in [7, 11) is -3.44. The van der Waals surface area contributed by atoms with Crippen LogP contribution in [0.25, 0.3) is 0 Å². The summed E-state index contributed by atoms with van der Waals surface area (Å²) >= 11 is 0. The van der Waals surface area contributed by atoms with Crippen LogP contribution in [0.15, 0.2) is 30.3 Å². The monoisotopic (exact) mass is 322 g/mol. The molecule has 0 unspecified atom stereocenters. The molecular formula is C16H27NaO3S. The van der Waals surface area contributed by atoms with Crippen molar-refractivity contribution in [2.75, 3.05) is 5.75 Å². The Hall–Kier alpha value is -0.0300. The van der Waals surface area contributed by atoms with Gasteiger partial charge in [0.05, 0.1) is 5.75 Å². The van der Waals surface area contributed by atoms with Gasteiger partial charge in [-0.25, -0.2) is 0 Å². The summed E-state index contributed by atoms with van der Waals surface area (Å²) in [5, 5.41) is 0. The number of hydrogen-bond acceptors (Lipinski definition) is 3. The molecule has 0 saturated heterocycles. The van der Waals surface area contributed by atoms with Gasteiger partial charge in [-0.1, -0.05) is 70.1 Å². The zero-order valence-electron chi connectivity index (χ0n) is 12.4. The molecular weight excluding hydrogens is 295 g/mol. The van der Waals surface area contributed by atoms with Crippen LogP contribution in [0.1, 0.15) is 58.3 Å². The van der Waals surface area contributed by atoms with Crippen LogP contribution in [0, 0.1) is 0 Å². The van der Waals surface area contributed by atoms with Gasteiger partial charge in [0.2, 0.25) is 0 Å². The van der Waals surface area contributed by atoms with Gasteiger partial charge in [-0.15, -0.1) is 0 Å². The number of unbranched alkanes of at least 4 members (excludes halogenated alkanes) is 7. The van der Waals surface area contributed by atoms with E-state index in [1.165, 1.54) is 32.1 Å². The maximum absolute atomic E-state index is 11.8. The fraction of sp³-hybridized carbons (Fsp3) is 0.625. The van der Waals surface area contributed by atoms with E-state index < -0.39 is 10.1 Å². The molecule has 0 aliphatic carbocycles. The van der Waals surface area contributed by atoms with E-state index in [0.29, 0.717) is 12.2 Å². The summed E-state index contributed by atoms with van der Waals surface area (Å²) in [6.45, 7) is 2.21. The summed E-state index contributed by atoms with van der Waals surface area (Å²) in [6.07, 6.45) is 9.10. The van der Waals surface area contributed by atoms with E-state index in [4.69, 9.17) is 4.18 Å². The van der Waals surface area contributed by atoms with Gasteiger partial charge < -0.3 is 4.18 Å². The molecule has 5 heteroatoms. The van der Waals surface area contributed by atoms with E-state index in [1.54, 1.807) is 24.3 Å². The predicted octanol–water partition coefficient (Wildman–Crippen LogP) is 3.89. The second-order valence-electron chi connectivity index (χ2n) is 5.13.